The van der Waals surface area contributed by atoms with Crippen molar-refractivity contribution in [2.45, 2.75) is 43.3 Å². The molecule has 10 heteroatoms. The highest BCUT2D eigenvalue weighted by atomic mass is 19.4. The van der Waals surface area contributed by atoms with Crippen LogP contribution in [0.3, 0.4) is 0 Å². The topological polar surface area (TPSA) is 77.8 Å². The number of alkyl halides is 6. The minimum Gasteiger partial charge on any atom is -0.481 e. The summed E-state index contributed by atoms with van der Waals surface area (Å²) in [5, 5.41) is 26.2. The normalized spacial score (nSPS) is 17.4. The van der Waals surface area contributed by atoms with Gasteiger partial charge in [0.15, 0.2) is 0 Å². The summed E-state index contributed by atoms with van der Waals surface area (Å²) in [6.07, 6.45) is -15.8. The quantitative estimate of drug-likeness (QED) is 0.683. The van der Waals surface area contributed by atoms with E-state index >= 15 is 0 Å². The van der Waals surface area contributed by atoms with Crippen LogP contribution in [0.25, 0.3) is 0 Å². The van der Waals surface area contributed by atoms with E-state index in [1.165, 1.54) is 0 Å². The van der Waals surface area contributed by atoms with Crippen LogP contribution in [0.15, 0.2) is 0 Å². The first-order valence-electron chi connectivity index (χ1n) is 4.42. The van der Waals surface area contributed by atoms with Crippen molar-refractivity contribution in [1.82, 2.24) is 0 Å². The summed E-state index contributed by atoms with van der Waals surface area (Å²) in [4.78, 5) is 10.2. The van der Waals surface area contributed by atoms with Gasteiger partial charge >= 0.3 is 18.3 Å². The smallest absolute Gasteiger partial charge is 0.426 e. The molecule has 0 aliphatic rings. The van der Waals surface area contributed by atoms with E-state index in [9.17, 15) is 36.2 Å². The highest BCUT2D eigenvalue weighted by Crippen LogP contribution is 2.47. The lowest BCUT2D eigenvalue weighted by Gasteiger charge is -2.37. The molecule has 0 saturated heterocycles. The molecule has 0 bridgehead atoms. The second kappa shape index (κ2) is 4.57. The van der Waals surface area contributed by atoms with E-state index in [1.807, 2.05) is 0 Å². The maximum atomic E-state index is 12.2. The van der Waals surface area contributed by atoms with Crippen molar-refractivity contribution in [1.29, 1.82) is 0 Å². The molecular formula is C8H10F6O4. The van der Waals surface area contributed by atoms with Crippen molar-refractivity contribution in [3.05, 3.63) is 0 Å². The Morgan fingerprint density at radius 3 is 1.56 bits per heavy atom. The SMILES string of the molecule is CC(O)(CC(=O)O)CC(O)(C(F)(F)F)C(F)(F)F. The van der Waals surface area contributed by atoms with E-state index < -0.39 is 42.4 Å². The van der Waals surface area contributed by atoms with Crippen molar-refractivity contribution in [3.8, 4) is 0 Å². The van der Waals surface area contributed by atoms with Crippen molar-refractivity contribution < 1.29 is 46.5 Å². The van der Waals surface area contributed by atoms with Crippen molar-refractivity contribution in [2.75, 3.05) is 0 Å². The molecule has 0 aliphatic heterocycles. The molecule has 4 nitrogen and oxygen atoms in total. The molecule has 0 aliphatic carbocycles. The van der Waals surface area contributed by atoms with Gasteiger partial charge in [0.2, 0.25) is 0 Å². The fourth-order valence-corrected chi connectivity index (χ4v) is 1.30. The molecule has 0 spiro atoms. The van der Waals surface area contributed by atoms with Gasteiger partial charge in [0.1, 0.15) is 0 Å². The average molecular weight is 284 g/mol. The summed E-state index contributed by atoms with van der Waals surface area (Å²) in [5.74, 6) is -1.80. The van der Waals surface area contributed by atoms with Gasteiger partial charge in [-0.25, -0.2) is 0 Å². The van der Waals surface area contributed by atoms with Crippen molar-refractivity contribution >= 4 is 5.97 Å². The summed E-state index contributed by atoms with van der Waals surface area (Å²) >= 11 is 0. The lowest BCUT2D eigenvalue weighted by atomic mass is 9.85. The maximum absolute atomic E-state index is 12.2. The van der Waals surface area contributed by atoms with Gasteiger partial charge in [0, 0.05) is 6.42 Å². The summed E-state index contributed by atoms with van der Waals surface area (Å²) in [7, 11) is 0. The Bertz CT molecular complexity index is 305. The molecule has 0 amide bonds. The largest absolute Gasteiger partial charge is 0.481 e. The van der Waals surface area contributed by atoms with E-state index in [0.29, 0.717) is 6.92 Å². The molecule has 0 aromatic heterocycles. The number of rotatable bonds is 4. The molecule has 0 saturated carbocycles. The first kappa shape index (κ1) is 17.0. The van der Waals surface area contributed by atoms with Crippen molar-refractivity contribution in [3.63, 3.8) is 0 Å². The van der Waals surface area contributed by atoms with Gasteiger partial charge in [-0.05, 0) is 6.92 Å². The minimum absolute atomic E-state index is 0.462. The lowest BCUT2D eigenvalue weighted by molar-refractivity contribution is -0.377. The average Bonchev–Trinajstić information content (AvgIpc) is 1.94. The Morgan fingerprint density at radius 1 is 1.00 bits per heavy atom. The number of carboxylic acids is 1. The second-order valence-electron chi connectivity index (χ2n) is 4.10. The van der Waals surface area contributed by atoms with Gasteiger partial charge in [0.05, 0.1) is 12.0 Å². The summed E-state index contributed by atoms with van der Waals surface area (Å²) in [6.45, 7) is 0.462. The second-order valence-corrected chi connectivity index (χ2v) is 4.10. The minimum atomic E-state index is -6.09. The Kier molecular flexibility index (Phi) is 4.31. The standard InChI is InChI=1S/C8H10F6O4/c1-5(17,2-4(15)16)3-6(18,7(9,10)11)8(12,13)14/h17-18H,2-3H2,1H3,(H,15,16). The van der Waals surface area contributed by atoms with Crippen LogP contribution in [0.4, 0.5) is 26.3 Å². The van der Waals surface area contributed by atoms with Crippen LogP contribution in [-0.4, -0.2) is 44.8 Å². The Hall–Kier alpha value is -1.03. The molecule has 108 valence electrons. The number of aliphatic carboxylic acids is 1. The Labute approximate surface area is 96.8 Å². The van der Waals surface area contributed by atoms with E-state index in [2.05, 4.69) is 0 Å². The third kappa shape index (κ3) is 3.73. The van der Waals surface area contributed by atoms with Crippen LogP contribution in [0.1, 0.15) is 19.8 Å². The molecule has 1 atom stereocenters. The number of aliphatic hydroxyl groups is 2. The summed E-state index contributed by atoms with van der Waals surface area (Å²) in [6, 6.07) is 0. The predicted molar refractivity (Wildman–Crippen MR) is 44.6 cm³/mol. The van der Waals surface area contributed by atoms with E-state index in [1.54, 1.807) is 0 Å². The maximum Gasteiger partial charge on any atom is 0.426 e. The molecule has 18 heavy (non-hydrogen) atoms. The van der Waals surface area contributed by atoms with Gasteiger partial charge < -0.3 is 15.3 Å². The van der Waals surface area contributed by atoms with Gasteiger partial charge in [0.25, 0.3) is 5.60 Å². The first-order chi connectivity index (χ1) is 7.62. The van der Waals surface area contributed by atoms with Crippen LogP contribution < -0.4 is 0 Å². The van der Waals surface area contributed by atoms with Crippen LogP contribution in [0.2, 0.25) is 0 Å². The third-order valence-corrected chi connectivity index (χ3v) is 2.11. The zero-order valence-electron chi connectivity index (χ0n) is 8.93. The molecule has 0 aromatic carbocycles. The lowest BCUT2D eigenvalue weighted by Crippen LogP contribution is -2.60. The Morgan fingerprint density at radius 2 is 1.33 bits per heavy atom. The molecule has 0 aromatic rings. The molecule has 3 N–H and O–H groups in total. The number of hydrogen-bond donors (Lipinski definition) is 3. The molecular weight excluding hydrogens is 274 g/mol. The van der Waals surface area contributed by atoms with Crippen molar-refractivity contribution in [2.24, 2.45) is 0 Å². The Balaban J connectivity index is 5.35. The molecule has 0 fully saturated rings. The first-order valence-corrected chi connectivity index (χ1v) is 4.42. The zero-order valence-corrected chi connectivity index (χ0v) is 8.93. The van der Waals surface area contributed by atoms with Gasteiger partial charge in [-0.2, -0.15) is 26.3 Å². The van der Waals surface area contributed by atoms with Crippen LogP contribution in [-0.2, 0) is 4.79 Å². The molecule has 1 unspecified atom stereocenters. The van der Waals surface area contributed by atoms with Crippen LogP contribution >= 0.6 is 0 Å². The predicted octanol–water partition coefficient (Wildman–Crippen LogP) is 1.46. The monoisotopic (exact) mass is 284 g/mol. The van der Waals surface area contributed by atoms with E-state index in [4.69, 9.17) is 10.2 Å². The number of carboxylic acid groups (broad SMARTS) is 1. The molecule has 0 rings (SSSR count). The number of hydrogen-bond acceptors (Lipinski definition) is 3. The number of halogens is 6. The highest BCUT2D eigenvalue weighted by Gasteiger charge is 2.71. The fraction of sp³-hybridized carbons (Fsp3) is 0.875. The molecule has 0 radical (unpaired) electrons. The highest BCUT2D eigenvalue weighted by molar-refractivity contribution is 5.68. The number of carbonyl (C=O) groups is 1. The van der Waals surface area contributed by atoms with E-state index in [0.717, 1.165) is 0 Å². The summed E-state index contributed by atoms with van der Waals surface area (Å²) < 4.78 is 73.4. The van der Waals surface area contributed by atoms with Crippen LogP contribution in [0, 0.1) is 0 Å². The fourth-order valence-electron chi connectivity index (χ4n) is 1.30. The van der Waals surface area contributed by atoms with E-state index in [-0.39, 0.29) is 0 Å². The third-order valence-electron chi connectivity index (χ3n) is 2.11. The van der Waals surface area contributed by atoms with Gasteiger partial charge in [-0.3, -0.25) is 4.79 Å². The van der Waals surface area contributed by atoms with Gasteiger partial charge in [-0.1, -0.05) is 0 Å². The zero-order chi connectivity index (χ0) is 15.0. The van der Waals surface area contributed by atoms with Gasteiger partial charge in [-0.15, -0.1) is 0 Å². The molecule has 0 heterocycles. The summed E-state index contributed by atoms with van der Waals surface area (Å²) in [5.41, 5.74) is -8.04. The van der Waals surface area contributed by atoms with Crippen LogP contribution in [0.5, 0.6) is 0 Å².